The highest BCUT2D eigenvalue weighted by Gasteiger charge is 2.23. The summed E-state index contributed by atoms with van der Waals surface area (Å²) in [5.74, 6) is -0.564. The zero-order valence-electron chi connectivity index (χ0n) is 10.3. The first-order valence-corrected chi connectivity index (χ1v) is 6.29. The summed E-state index contributed by atoms with van der Waals surface area (Å²) in [7, 11) is 0. The molecule has 0 aliphatic carbocycles. The van der Waals surface area contributed by atoms with Gasteiger partial charge < -0.3 is 14.9 Å². The Hall–Kier alpha value is -1.07. The van der Waals surface area contributed by atoms with E-state index in [0.29, 0.717) is 18.8 Å². The molecule has 1 aromatic rings. The lowest BCUT2D eigenvalue weighted by Gasteiger charge is -2.14. The molecule has 2 N–H and O–H groups in total. The van der Waals surface area contributed by atoms with Gasteiger partial charge in [-0.15, -0.1) is 11.3 Å². The lowest BCUT2D eigenvalue weighted by Crippen LogP contribution is -2.08. The van der Waals surface area contributed by atoms with Gasteiger partial charge in [-0.2, -0.15) is 0 Å². The number of carbonyl (C=O) groups is 1. The molecular weight excluding hydrogens is 240 g/mol. The van der Waals surface area contributed by atoms with Crippen LogP contribution < -0.4 is 4.74 Å². The Kier molecular flexibility index (Phi) is 4.54. The highest BCUT2D eigenvalue weighted by Crippen LogP contribution is 2.36. The van der Waals surface area contributed by atoms with Crippen molar-refractivity contribution in [2.75, 3.05) is 13.2 Å². The van der Waals surface area contributed by atoms with Crippen LogP contribution in [-0.2, 0) is 5.41 Å². The van der Waals surface area contributed by atoms with Crippen LogP contribution >= 0.6 is 11.3 Å². The zero-order chi connectivity index (χ0) is 13.1. The maximum absolute atomic E-state index is 11.1. The van der Waals surface area contributed by atoms with E-state index in [1.54, 1.807) is 6.07 Å². The molecular formula is C12H18O4S. The van der Waals surface area contributed by atoms with Crippen LogP contribution in [0.15, 0.2) is 6.07 Å². The fourth-order valence-corrected chi connectivity index (χ4v) is 2.24. The van der Waals surface area contributed by atoms with Gasteiger partial charge in [-0.3, -0.25) is 0 Å². The molecule has 0 amide bonds. The van der Waals surface area contributed by atoms with Crippen LogP contribution in [0.2, 0.25) is 0 Å². The molecule has 17 heavy (non-hydrogen) atoms. The molecule has 0 aromatic carbocycles. The van der Waals surface area contributed by atoms with Crippen molar-refractivity contribution in [1.82, 2.24) is 0 Å². The van der Waals surface area contributed by atoms with Gasteiger partial charge in [-0.1, -0.05) is 20.8 Å². The Morgan fingerprint density at radius 3 is 2.59 bits per heavy atom. The predicted octanol–water partition coefficient (Wildman–Crippen LogP) is 2.51. The predicted molar refractivity (Wildman–Crippen MR) is 67.2 cm³/mol. The van der Waals surface area contributed by atoms with Gasteiger partial charge in [0.25, 0.3) is 0 Å². The van der Waals surface area contributed by atoms with Crippen LogP contribution in [0.4, 0.5) is 0 Å². The highest BCUT2D eigenvalue weighted by molar-refractivity contribution is 7.14. The van der Waals surface area contributed by atoms with E-state index in [9.17, 15) is 4.79 Å². The van der Waals surface area contributed by atoms with Gasteiger partial charge >= 0.3 is 5.97 Å². The number of carboxylic acids is 1. The molecule has 1 heterocycles. The maximum atomic E-state index is 11.1. The Bertz CT molecular complexity index is 390. The number of ether oxygens (including phenoxy) is 1. The second-order valence-electron chi connectivity index (χ2n) is 4.78. The largest absolute Gasteiger partial charge is 0.492 e. The van der Waals surface area contributed by atoms with Crippen molar-refractivity contribution in [3.05, 3.63) is 15.8 Å². The SMILES string of the molecule is CC(C)(C)c1cc(OCCCO)c(C(=O)O)s1. The Labute approximate surface area is 105 Å². The van der Waals surface area contributed by atoms with Crippen molar-refractivity contribution >= 4 is 17.3 Å². The highest BCUT2D eigenvalue weighted by atomic mass is 32.1. The van der Waals surface area contributed by atoms with Gasteiger partial charge in [0.05, 0.1) is 6.61 Å². The lowest BCUT2D eigenvalue weighted by atomic mass is 9.95. The Morgan fingerprint density at radius 2 is 2.12 bits per heavy atom. The van der Waals surface area contributed by atoms with E-state index in [1.807, 2.05) is 20.8 Å². The number of hydrogen-bond acceptors (Lipinski definition) is 4. The Morgan fingerprint density at radius 1 is 1.47 bits per heavy atom. The van der Waals surface area contributed by atoms with E-state index in [4.69, 9.17) is 14.9 Å². The minimum absolute atomic E-state index is 0.0403. The van der Waals surface area contributed by atoms with Crippen LogP contribution in [0.1, 0.15) is 41.7 Å². The van der Waals surface area contributed by atoms with Gasteiger partial charge in [0.1, 0.15) is 5.75 Å². The summed E-state index contributed by atoms with van der Waals surface area (Å²) >= 11 is 1.25. The molecule has 0 saturated carbocycles. The van der Waals surface area contributed by atoms with Crippen molar-refractivity contribution in [2.24, 2.45) is 0 Å². The summed E-state index contributed by atoms with van der Waals surface area (Å²) in [6, 6.07) is 1.78. The Balaban J connectivity index is 2.94. The average molecular weight is 258 g/mol. The topological polar surface area (TPSA) is 66.8 Å². The van der Waals surface area contributed by atoms with Gasteiger partial charge in [-0.05, 0) is 11.5 Å². The van der Waals surface area contributed by atoms with E-state index < -0.39 is 5.97 Å². The van der Waals surface area contributed by atoms with Crippen LogP contribution in [0.5, 0.6) is 5.75 Å². The fraction of sp³-hybridized carbons (Fsp3) is 0.583. The summed E-state index contributed by atoms with van der Waals surface area (Å²) in [6.07, 6.45) is 0.500. The van der Waals surface area contributed by atoms with Crippen LogP contribution in [0.3, 0.4) is 0 Å². The van der Waals surface area contributed by atoms with Gasteiger partial charge in [0.15, 0.2) is 4.88 Å². The molecule has 0 fully saturated rings. The molecule has 96 valence electrons. The van der Waals surface area contributed by atoms with Gasteiger partial charge in [0, 0.05) is 17.9 Å². The number of aliphatic hydroxyl groups excluding tert-OH is 1. The standard InChI is InChI=1S/C12H18O4S/c1-12(2,3)9-7-8(16-6-4-5-13)10(17-9)11(14)15/h7,13H,4-6H2,1-3H3,(H,14,15). The molecule has 0 bridgehead atoms. The lowest BCUT2D eigenvalue weighted by molar-refractivity contribution is 0.0698. The third-order valence-electron chi connectivity index (χ3n) is 2.19. The van der Waals surface area contributed by atoms with Crippen molar-refractivity contribution in [3.63, 3.8) is 0 Å². The molecule has 0 radical (unpaired) electrons. The minimum Gasteiger partial charge on any atom is -0.492 e. The third kappa shape index (κ3) is 3.71. The molecule has 0 aliphatic heterocycles. The van der Waals surface area contributed by atoms with Gasteiger partial charge in [0.2, 0.25) is 0 Å². The van der Waals surface area contributed by atoms with Crippen LogP contribution in [0, 0.1) is 0 Å². The first kappa shape index (κ1) is 14.0. The number of hydrogen-bond donors (Lipinski definition) is 2. The van der Waals surface area contributed by atoms with Crippen molar-refractivity contribution < 1.29 is 19.7 Å². The first-order valence-electron chi connectivity index (χ1n) is 5.47. The summed E-state index contributed by atoms with van der Waals surface area (Å²) in [5.41, 5.74) is -0.0898. The first-order chi connectivity index (χ1) is 7.86. The summed E-state index contributed by atoms with van der Waals surface area (Å²) in [6.45, 7) is 6.46. The maximum Gasteiger partial charge on any atom is 0.349 e. The van der Waals surface area contributed by atoms with Crippen molar-refractivity contribution in [2.45, 2.75) is 32.6 Å². The third-order valence-corrected chi connectivity index (χ3v) is 3.72. The molecule has 0 unspecified atom stereocenters. The molecule has 1 aromatic heterocycles. The summed E-state index contributed by atoms with van der Waals surface area (Å²) < 4.78 is 5.38. The zero-order valence-corrected chi connectivity index (χ0v) is 11.1. The summed E-state index contributed by atoms with van der Waals surface area (Å²) in [4.78, 5) is 12.3. The number of aliphatic hydroxyl groups is 1. The second kappa shape index (κ2) is 5.51. The number of carboxylic acid groups (broad SMARTS) is 1. The van der Waals surface area contributed by atoms with Crippen molar-refractivity contribution in [1.29, 1.82) is 0 Å². The van der Waals surface area contributed by atoms with Crippen LogP contribution in [0.25, 0.3) is 0 Å². The van der Waals surface area contributed by atoms with E-state index in [-0.39, 0.29) is 16.9 Å². The average Bonchev–Trinajstić information content (AvgIpc) is 2.61. The van der Waals surface area contributed by atoms with E-state index in [2.05, 4.69) is 0 Å². The summed E-state index contributed by atoms with van der Waals surface area (Å²) in [5, 5.41) is 17.7. The van der Waals surface area contributed by atoms with Gasteiger partial charge in [-0.25, -0.2) is 4.79 Å². The normalized spacial score (nSPS) is 11.5. The molecule has 5 heteroatoms. The molecule has 0 aliphatic rings. The molecule has 4 nitrogen and oxygen atoms in total. The fourth-order valence-electron chi connectivity index (χ4n) is 1.25. The molecule has 0 atom stereocenters. The second-order valence-corrected chi connectivity index (χ2v) is 5.84. The van der Waals surface area contributed by atoms with Crippen molar-refractivity contribution in [3.8, 4) is 5.75 Å². The minimum atomic E-state index is -0.968. The van der Waals surface area contributed by atoms with E-state index in [0.717, 1.165) is 4.88 Å². The monoisotopic (exact) mass is 258 g/mol. The number of rotatable bonds is 5. The van der Waals surface area contributed by atoms with E-state index in [1.165, 1.54) is 11.3 Å². The van der Waals surface area contributed by atoms with E-state index >= 15 is 0 Å². The van der Waals surface area contributed by atoms with Crippen LogP contribution in [-0.4, -0.2) is 29.4 Å². The number of thiophene rings is 1. The molecule has 0 spiro atoms. The quantitative estimate of drug-likeness (QED) is 0.796. The number of aromatic carboxylic acids is 1. The smallest absolute Gasteiger partial charge is 0.349 e. The molecule has 0 saturated heterocycles. The molecule has 1 rings (SSSR count).